The molecule has 0 saturated carbocycles. The van der Waals surface area contributed by atoms with Gasteiger partial charge in [-0.3, -0.25) is 14.2 Å². The topological polar surface area (TPSA) is 84.2 Å². The van der Waals surface area contributed by atoms with Crippen LogP contribution in [0, 0.1) is 0 Å². The predicted molar refractivity (Wildman–Crippen MR) is 87.7 cm³/mol. The molecule has 0 aliphatic carbocycles. The molecule has 1 heterocycles. The first-order valence-electron chi connectivity index (χ1n) is 4.11. The molecule has 0 unspecified atom stereocenters. The van der Waals surface area contributed by atoms with E-state index in [1.165, 1.54) is 12.4 Å². The fourth-order valence-corrected chi connectivity index (χ4v) is 0.889. The molecule has 0 radical (unpaired) electrons. The minimum atomic E-state index is -1.06. The van der Waals surface area contributed by atoms with Gasteiger partial charge in [0.05, 0.1) is 0 Å². The molecule has 6 nitrogen and oxygen atoms in total. The van der Waals surface area contributed by atoms with Crippen LogP contribution in [0.1, 0.15) is 0 Å². The van der Waals surface area contributed by atoms with E-state index in [1.807, 2.05) is 0 Å². The molecular weight excluding hydrogens is 606 g/mol. The van der Waals surface area contributed by atoms with Gasteiger partial charge in [0, 0.05) is 19.4 Å². The van der Waals surface area contributed by atoms with Crippen LogP contribution in [0.2, 0.25) is 0 Å². The van der Waals surface area contributed by atoms with Crippen LogP contribution in [0.25, 0.3) is 0 Å². The molecule has 0 aromatic carbocycles. The van der Waals surface area contributed by atoms with Gasteiger partial charge in [0.2, 0.25) is 0 Å². The summed E-state index contributed by atoms with van der Waals surface area (Å²) in [5, 5.41) is 11.0. The number of carbonyl (C=O) groups is 1. The molecule has 17 heavy (non-hydrogen) atoms. The summed E-state index contributed by atoms with van der Waals surface area (Å²) >= 11 is 7.39. The number of anilines is 1. The van der Waals surface area contributed by atoms with Crippen LogP contribution in [0.5, 0.6) is 0 Å². The van der Waals surface area contributed by atoms with Crippen molar-refractivity contribution in [2.45, 2.75) is 6.54 Å². The van der Waals surface area contributed by atoms with Crippen LogP contribution in [0.3, 0.4) is 0 Å². The third-order valence-electron chi connectivity index (χ3n) is 1.46. The predicted octanol–water partition coefficient (Wildman–Crippen LogP) is 2.02. The fraction of sp³-hybridized carbons (Fsp3) is 0.286. The van der Waals surface area contributed by atoms with Crippen molar-refractivity contribution >= 4 is 71.7 Å². The second-order valence-electron chi connectivity index (χ2n) is 2.54. The molecule has 10 heteroatoms. The summed E-state index contributed by atoms with van der Waals surface area (Å²) in [6, 6.07) is 0. The summed E-state index contributed by atoms with van der Waals surface area (Å²) < 4.78 is 1.07. The van der Waals surface area contributed by atoms with Crippen molar-refractivity contribution in [3.05, 3.63) is 22.7 Å². The van der Waals surface area contributed by atoms with E-state index in [0.29, 0.717) is 0 Å². The molecule has 0 aliphatic rings. The van der Waals surface area contributed by atoms with Crippen molar-refractivity contribution in [3.63, 3.8) is 0 Å². The molecule has 96 valence electrons. The first-order chi connectivity index (χ1) is 7.88. The van der Waals surface area contributed by atoms with Gasteiger partial charge in [0.1, 0.15) is 6.54 Å². The standard InChI is InChI=1S/C7H9N3O3.3HI.V/c1-8-6-7(13)10(3-2-9-6)4-5(11)12;;;;/h2-3H,4H2,1H3,(H,8,9)(H,11,12);3*1H;/q;;;;+3/p-3. The Morgan fingerprint density at radius 3 is 2.53 bits per heavy atom. The third-order valence-corrected chi connectivity index (χ3v) is 1.46. The number of hydrogen-bond acceptors (Lipinski definition) is 4. The summed E-state index contributed by atoms with van der Waals surface area (Å²) in [6.45, 7) is -0.351. The van der Waals surface area contributed by atoms with E-state index >= 15 is 0 Å². The van der Waals surface area contributed by atoms with Gasteiger partial charge in [-0.1, -0.05) is 0 Å². The van der Waals surface area contributed by atoms with Crippen molar-refractivity contribution in [3.8, 4) is 0 Å². The van der Waals surface area contributed by atoms with Gasteiger partial charge in [0.25, 0.3) is 5.56 Å². The number of carboxylic acid groups (broad SMARTS) is 1. The monoisotopic (exact) mass is 615 g/mol. The second-order valence-corrected chi connectivity index (χ2v) is 37.9. The van der Waals surface area contributed by atoms with E-state index in [9.17, 15) is 9.59 Å². The van der Waals surface area contributed by atoms with E-state index in [4.69, 9.17) is 5.11 Å². The van der Waals surface area contributed by atoms with Crippen LogP contribution < -0.4 is 10.9 Å². The number of nitrogens with zero attached hydrogens (tertiary/aromatic N) is 2. The Kier molecular flexibility index (Phi) is 10.3. The number of aromatic nitrogens is 2. The van der Waals surface area contributed by atoms with Crippen molar-refractivity contribution in [1.82, 2.24) is 9.55 Å². The van der Waals surface area contributed by atoms with E-state index in [-0.39, 0.29) is 17.3 Å². The van der Waals surface area contributed by atoms with Gasteiger partial charge in [-0.25, -0.2) is 4.98 Å². The number of aliphatic carboxylic acids is 1. The number of nitrogens with one attached hydrogen (secondary N) is 1. The SMILES string of the molecule is CNc1nccn(CC(=O)O)c1=O.[I][V]([I])[I]. The molecule has 0 amide bonds. The summed E-state index contributed by atoms with van der Waals surface area (Å²) in [5.41, 5.74) is -0.438. The quantitative estimate of drug-likeness (QED) is 0.510. The third kappa shape index (κ3) is 8.61. The summed E-state index contributed by atoms with van der Waals surface area (Å²) in [6.07, 6.45) is 2.70. The number of halogens is 3. The molecule has 0 spiro atoms. The maximum absolute atomic E-state index is 11.3. The Labute approximate surface area is 136 Å². The molecule has 0 aliphatic heterocycles. The number of rotatable bonds is 3. The molecular formula is C7H9I3N3O3V. The van der Waals surface area contributed by atoms with Crippen molar-refractivity contribution < 1.29 is 14.8 Å². The molecule has 0 bridgehead atoms. The van der Waals surface area contributed by atoms with Crippen LogP contribution in [0.15, 0.2) is 17.2 Å². The van der Waals surface area contributed by atoms with Crippen molar-refractivity contribution in [2.75, 3.05) is 12.4 Å². The van der Waals surface area contributed by atoms with Crippen LogP contribution in [-0.4, -0.2) is 27.7 Å². The van der Waals surface area contributed by atoms with Crippen LogP contribution in [0.4, 0.5) is 5.82 Å². The second kappa shape index (κ2) is 9.80. The Hall–Kier alpha value is 0.924. The van der Waals surface area contributed by atoms with E-state index in [2.05, 4.69) is 70.2 Å². The zero-order chi connectivity index (χ0) is 13.4. The zero-order valence-corrected chi connectivity index (χ0v) is 16.5. The molecule has 2 N–H and O–H groups in total. The number of hydrogen-bond donors (Lipinski definition) is 2. The summed E-state index contributed by atoms with van der Waals surface area (Å²) in [7, 11) is 1.55. The van der Waals surface area contributed by atoms with Gasteiger partial charge < -0.3 is 10.4 Å². The molecule has 0 saturated heterocycles. The average molecular weight is 615 g/mol. The van der Waals surface area contributed by atoms with Crippen molar-refractivity contribution in [2.24, 2.45) is 0 Å². The molecule has 0 fully saturated rings. The van der Waals surface area contributed by atoms with E-state index in [0.717, 1.165) is 4.57 Å². The van der Waals surface area contributed by atoms with Crippen molar-refractivity contribution in [1.29, 1.82) is 0 Å². The fourth-order valence-electron chi connectivity index (χ4n) is 0.889. The van der Waals surface area contributed by atoms with Crippen LogP contribution in [-0.2, 0) is 16.3 Å². The van der Waals surface area contributed by atoms with Gasteiger partial charge in [-0.2, -0.15) is 0 Å². The Balaban J connectivity index is 0.000000557. The maximum atomic E-state index is 11.3. The first kappa shape index (κ1) is 17.9. The number of carboxylic acids is 1. The van der Waals surface area contributed by atoms with Crippen LogP contribution >= 0.6 is 59.9 Å². The Morgan fingerprint density at radius 2 is 2.12 bits per heavy atom. The Morgan fingerprint density at radius 1 is 1.59 bits per heavy atom. The van der Waals surface area contributed by atoms with E-state index in [1.54, 1.807) is 7.05 Å². The first-order valence-corrected chi connectivity index (χ1v) is 17.6. The van der Waals surface area contributed by atoms with Gasteiger partial charge >= 0.3 is 70.8 Å². The van der Waals surface area contributed by atoms with Gasteiger partial charge in [0.15, 0.2) is 5.82 Å². The average Bonchev–Trinajstić information content (AvgIpc) is 2.19. The normalized spacial score (nSPS) is 9.47. The molecule has 1 aromatic heterocycles. The Bertz CT molecular complexity index is 424. The molecule has 1 rings (SSSR count). The minimum absolute atomic E-state index is 0.142. The van der Waals surface area contributed by atoms with Gasteiger partial charge in [-0.15, -0.1) is 0 Å². The zero-order valence-electron chi connectivity index (χ0n) is 8.60. The molecule has 1 aromatic rings. The molecule has 0 atom stereocenters. The summed E-state index contributed by atoms with van der Waals surface area (Å²) in [5.74, 6) is -0.917. The van der Waals surface area contributed by atoms with E-state index < -0.39 is 11.5 Å². The van der Waals surface area contributed by atoms with Gasteiger partial charge in [-0.05, 0) is 0 Å². The summed E-state index contributed by atoms with van der Waals surface area (Å²) in [4.78, 5) is 25.1.